The Bertz CT molecular complexity index is 553. The molecule has 5 nitrogen and oxygen atoms in total. The highest BCUT2D eigenvalue weighted by Crippen LogP contribution is 2.27. The lowest BCUT2D eigenvalue weighted by Crippen LogP contribution is -2.14. The monoisotopic (exact) mass is 275 g/mol. The molecule has 1 aromatic rings. The number of aromatic nitrogens is 2. The quantitative estimate of drug-likeness (QED) is 0.791. The van der Waals surface area contributed by atoms with Crippen molar-refractivity contribution in [2.24, 2.45) is 0 Å². The van der Waals surface area contributed by atoms with Gasteiger partial charge < -0.3 is 0 Å². The maximum Gasteiger partial charge on any atom is 0.279 e. The summed E-state index contributed by atoms with van der Waals surface area (Å²) in [6.07, 6.45) is 1.45. The van der Waals surface area contributed by atoms with E-state index < -0.39 is 9.05 Å². The summed E-state index contributed by atoms with van der Waals surface area (Å²) >= 11 is 0. The molecule has 1 aromatic heterocycles. The van der Waals surface area contributed by atoms with Gasteiger partial charge in [0.15, 0.2) is 5.03 Å². The zero-order valence-electron chi connectivity index (χ0n) is 9.94. The third-order valence-electron chi connectivity index (χ3n) is 2.67. The molecule has 0 aliphatic carbocycles. The van der Waals surface area contributed by atoms with Gasteiger partial charge in [-0.2, -0.15) is 10.4 Å². The number of nitrogens with zero attached hydrogens (tertiary/aromatic N) is 3. The van der Waals surface area contributed by atoms with E-state index in [1.54, 1.807) is 6.92 Å². The molecule has 7 heteroatoms. The first-order chi connectivity index (χ1) is 7.86. The smallest absolute Gasteiger partial charge is 0.249 e. The second-order valence-electron chi connectivity index (χ2n) is 3.73. The Hall–Kier alpha value is -1.06. The van der Waals surface area contributed by atoms with Crippen LogP contribution in [0.3, 0.4) is 0 Å². The molecule has 0 saturated carbocycles. The van der Waals surface area contributed by atoms with Crippen LogP contribution in [0.5, 0.6) is 0 Å². The molecule has 0 atom stereocenters. The van der Waals surface area contributed by atoms with Crippen molar-refractivity contribution >= 4 is 19.7 Å². The molecule has 0 aromatic carbocycles. The van der Waals surface area contributed by atoms with Crippen molar-refractivity contribution in [1.82, 2.24) is 9.78 Å². The second kappa shape index (κ2) is 5.07. The summed E-state index contributed by atoms with van der Waals surface area (Å²) in [5, 5.41) is 12.9. The van der Waals surface area contributed by atoms with Crippen molar-refractivity contribution in [3.8, 4) is 6.07 Å². The van der Waals surface area contributed by atoms with Gasteiger partial charge in [-0.1, -0.05) is 13.8 Å². The molecule has 0 amide bonds. The molecule has 0 radical (unpaired) electrons. The van der Waals surface area contributed by atoms with E-state index >= 15 is 0 Å². The molecular weight excluding hydrogens is 262 g/mol. The zero-order valence-corrected chi connectivity index (χ0v) is 11.5. The summed E-state index contributed by atoms with van der Waals surface area (Å²) in [7, 11) is 1.41. The van der Waals surface area contributed by atoms with Gasteiger partial charge in [0.2, 0.25) is 0 Å². The van der Waals surface area contributed by atoms with E-state index in [9.17, 15) is 8.42 Å². The molecule has 0 unspecified atom stereocenters. The molecule has 17 heavy (non-hydrogen) atoms. The predicted molar refractivity (Wildman–Crippen MR) is 64.3 cm³/mol. The highest BCUT2D eigenvalue weighted by atomic mass is 35.7. The Morgan fingerprint density at radius 1 is 1.47 bits per heavy atom. The average molecular weight is 276 g/mol. The fourth-order valence-electron chi connectivity index (χ4n) is 1.77. The van der Waals surface area contributed by atoms with Crippen molar-refractivity contribution in [1.29, 1.82) is 5.26 Å². The van der Waals surface area contributed by atoms with Crippen LogP contribution in [0.1, 0.15) is 44.0 Å². The van der Waals surface area contributed by atoms with Crippen molar-refractivity contribution in [2.45, 2.75) is 44.7 Å². The lowest BCUT2D eigenvalue weighted by molar-refractivity contribution is 0.395. The fraction of sp³-hybridized carbons (Fsp3) is 0.600. The van der Waals surface area contributed by atoms with Gasteiger partial charge in [0.25, 0.3) is 9.05 Å². The van der Waals surface area contributed by atoms with Crippen molar-refractivity contribution < 1.29 is 8.42 Å². The first kappa shape index (κ1) is 14.0. The molecular formula is C10H14ClN3O2S. The molecule has 0 spiro atoms. The molecule has 0 aliphatic rings. The van der Waals surface area contributed by atoms with Gasteiger partial charge in [0, 0.05) is 10.7 Å². The number of hydrogen-bond acceptors (Lipinski definition) is 4. The Kier molecular flexibility index (Phi) is 4.17. The summed E-state index contributed by atoms with van der Waals surface area (Å²) in [5.41, 5.74) is 0.422. The molecule has 1 heterocycles. The SMILES string of the molecule is CCC(CC)n1nc(C)c(C#N)c1S(=O)(=O)Cl. The van der Waals surface area contributed by atoms with Crippen LogP contribution >= 0.6 is 10.7 Å². The molecule has 0 bridgehead atoms. The summed E-state index contributed by atoms with van der Waals surface area (Å²) in [5.74, 6) is 0. The van der Waals surface area contributed by atoms with Gasteiger partial charge in [0.05, 0.1) is 11.7 Å². The lowest BCUT2D eigenvalue weighted by Gasteiger charge is -2.15. The normalized spacial score (nSPS) is 11.8. The van der Waals surface area contributed by atoms with Crippen LogP contribution in [-0.2, 0) is 9.05 Å². The summed E-state index contributed by atoms with van der Waals surface area (Å²) in [6, 6.07) is 1.78. The molecule has 0 saturated heterocycles. The molecule has 0 N–H and O–H groups in total. The molecule has 0 aliphatic heterocycles. The number of rotatable bonds is 4. The minimum absolute atomic E-state index is 0.0342. The first-order valence-electron chi connectivity index (χ1n) is 5.30. The first-order valence-corrected chi connectivity index (χ1v) is 7.61. The van der Waals surface area contributed by atoms with E-state index in [-0.39, 0.29) is 16.6 Å². The van der Waals surface area contributed by atoms with Gasteiger partial charge >= 0.3 is 0 Å². The van der Waals surface area contributed by atoms with Crippen molar-refractivity contribution in [3.63, 3.8) is 0 Å². The van der Waals surface area contributed by atoms with Gasteiger partial charge in [-0.05, 0) is 19.8 Å². The van der Waals surface area contributed by atoms with Gasteiger partial charge in [-0.15, -0.1) is 0 Å². The maximum absolute atomic E-state index is 11.5. The summed E-state index contributed by atoms with van der Waals surface area (Å²) < 4.78 is 24.4. The maximum atomic E-state index is 11.5. The Morgan fingerprint density at radius 3 is 2.35 bits per heavy atom. The van der Waals surface area contributed by atoms with E-state index in [0.717, 1.165) is 12.8 Å². The Labute approximate surface area is 105 Å². The van der Waals surface area contributed by atoms with Gasteiger partial charge in [0.1, 0.15) is 11.6 Å². The molecule has 0 fully saturated rings. The van der Waals surface area contributed by atoms with Crippen LogP contribution in [0.25, 0.3) is 0 Å². The third kappa shape index (κ3) is 2.61. The number of aryl methyl sites for hydroxylation is 1. The fourth-order valence-corrected chi connectivity index (χ4v) is 3.06. The van der Waals surface area contributed by atoms with Gasteiger partial charge in [-0.25, -0.2) is 13.1 Å². The highest BCUT2D eigenvalue weighted by Gasteiger charge is 2.28. The van der Waals surface area contributed by atoms with Crippen LogP contribution in [0, 0.1) is 18.3 Å². The van der Waals surface area contributed by atoms with E-state index in [1.165, 1.54) is 4.68 Å². The zero-order chi connectivity index (χ0) is 13.2. The number of halogens is 1. The number of hydrogen-bond donors (Lipinski definition) is 0. The largest absolute Gasteiger partial charge is 0.279 e. The van der Waals surface area contributed by atoms with Crippen LogP contribution in [0.15, 0.2) is 5.03 Å². The highest BCUT2D eigenvalue weighted by molar-refractivity contribution is 8.13. The van der Waals surface area contributed by atoms with E-state index in [4.69, 9.17) is 15.9 Å². The van der Waals surface area contributed by atoms with E-state index in [0.29, 0.717) is 5.69 Å². The van der Waals surface area contributed by atoms with Crippen molar-refractivity contribution in [2.75, 3.05) is 0 Å². The van der Waals surface area contributed by atoms with Crippen LogP contribution < -0.4 is 0 Å². The van der Waals surface area contributed by atoms with E-state index in [2.05, 4.69) is 5.10 Å². The Morgan fingerprint density at radius 2 is 2.00 bits per heavy atom. The topological polar surface area (TPSA) is 75.8 Å². The minimum atomic E-state index is -3.97. The number of nitriles is 1. The predicted octanol–water partition coefficient (Wildman–Crippen LogP) is 2.35. The summed E-state index contributed by atoms with van der Waals surface area (Å²) in [6.45, 7) is 5.46. The van der Waals surface area contributed by atoms with Crippen molar-refractivity contribution in [3.05, 3.63) is 11.3 Å². The van der Waals surface area contributed by atoms with Gasteiger partial charge in [-0.3, -0.25) is 0 Å². The van der Waals surface area contributed by atoms with Crippen LogP contribution in [0.2, 0.25) is 0 Å². The van der Waals surface area contributed by atoms with E-state index in [1.807, 2.05) is 19.9 Å². The standard InChI is InChI=1S/C10H14ClN3O2S/c1-4-8(5-2)14-10(17(11,15)16)9(6-12)7(3)13-14/h8H,4-5H2,1-3H3. The summed E-state index contributed by atoms with van der Waals surface area (Å²) in [4.78, 5) is 0. The Balaban J connectivity index is 3.59. The van der Waals surface area contributed by atoms with Crippen LogP contribution in [0.4, 0.5) is 0 Å². The molecule has 1 rings (SSSR count). The minimum Gasteiger partial charge on any atom is -0.249 e. The third-order valence-corrected chi connectivity index (χ3v) is 3.96. The molecule has 94 valence electrons. The average Bonchev–Trinajstić information content (AvgIpc) is 2.56. The second-order valence-corrected chi connectivity index (χ2v) is 6.21. The van der Waals surface area contributed by atoms with Crippen LogP contribution in [-0.4, -0.2) is 18.2 Å². The lowest BCUT2D eigenvalue weighted by atomic mass is 10.2.